The van der Waals surface area contributed by atoms with E-state index in [2.05, 4.69) is 15.2 Å². The minimum absolute atomic E-state index is 0.634. The number of rotatable bonds is 4. The number of amides is 2. The molecule has 0 aliphatic heterocycles. The van der Waals surface area contributed by atoms with E-state index in [0.29, 0.717) is 5.41 Å². The van der Waals surface area contributed by atoms with Gasteiger partial charge >= 0.3 is 22.3 Å². The molecule has 2 amide bonds. The molecule has 0 aromatic rings. The van der Waals surface area contributed by atoms with Crippen LogP contribution in [0.1, 0.15) is 34.6 Å². The summed E-state index contributed by atoms with van der Waals surface area (Å²) in [5, 5.41) is 3.09. The highest BCUT2D eigenvalue weighted by molar-refractivity contribution is 7.90. The maximum absolute atomic E-state index is 11.6. The summed E-state index contributed by atoms with van der Waals surface area (Å²) in [7, 11) is -4.23. The Hall–Kier alpha value is -1.77. The first-order chi connectivity index (χ1) is 8.72. The molecule has 0 unspecified atom stereocenters. The smallest absolute Gasteiger partial charge is 0.420 e. The van der Waals surface area contributed by atoms with Crippen LogP contribution in [0.25, 0.3) is 0 Å². The third-order valence-corrected chi connectivity index (χ3v) is 2.54. The zero-order valence-electron chi connectivity index (χ0n) is 12.1. The molecule has 9 heteroatoms. The van der Waals surface area contributed by atoms with Gasteiger partial charge in [-0.3, -0.25) is 0 Å². The van der Waals surface area contributed by atoms with Crippen LogP contribution in [0.15, 0.2) is 11.5 Å². The average Bonchev–Trinajstić information content (AvgIpc) is 2.08. The average molecular weight is 308 g/mol. The van der Waals surface area contributed by atoms with E-state index >= 15 is 0 Å². The Labute approximate surface area is 118 Å². The van der Waals surface area contributed by atoms with Crippen LogP contribution in [0.2, 0.25) is 0 Å². The first kappa shape index (κ1) is 18.2. The lowest BCUT2D eigenvalue weighted by molar-refractivity contribution is 0.0491. The van der Waals surface area contributed by atoms with Gasteiger partial charge < -0.3 is 20.0 Å². The van der Waals surface area contributed by atoms with Gasteiger partial charge in [0, 0.05) is 0 Å². The SMILES string of the molecule is CC(C)(C=CS(=O)(=O)OC(N)=O)NC(=O)OC(C)(C)C. The van der Waals surface area contributed by atoms with Crippen LogP contribution < -0.4 is 11.1 Å². The first-order valence-corrected chi connectivity index (χ1v) is 7.14. The number of alkyl carbamates (subject to hydrolysis) is 1. The second kappa shape index (κ2) is 6.12. The van der Waals surface area contributed by atoms with E-state index in [0.717, 1.165) is 6.08 Å². The maximum Gasteiger partial charge on any atom is 0.420 e. The standard InChI is InChI=1S/C11H20N2O6S/c1-10(2,3)18-9(15)13-11(4,5)6-7-20(16,17)19-8(12)14/h6-7H,1-5H3,(H2,12,14)(H,13,15). The molecule has 0 radical (unpaired) electrons. The van der Waals surface area contributed by atoms with Crippen LogP contribution in [0.3, 0.4) is 0 Å². The van der Waals surface area contributed by atoms with Gasteiger partial charge in [-0.2, -0.15) is 8.42 Å². The molecule has 0 aliphatic rings. The molecule has 3 N–H and O–H groups in total. The quantitative estimate of drug-likeness (QED) is 0.752. The van der Waals surface area contributed by atoms with Crippen molar-refractivity contribution in [3.63, 3.8) is 0 Å². The first-order valence-electron chi connectivity index (χ1n) is 5.67. The van der Waals surface area contributed by atoms with Gasteiger partial charge in [-0.25, -0.2) is 9.59 Å². The molecule has 8 nitrogen and oxygen atoms in total. The van der Waals surface area contributed by atoms with Gasteiger partial charge in [0.05, 0.1) is 10.9 Å². The minimum Gasteiger partial charge on any atom is -0.444 e. The highest BCUT2D eigenvalue weighted by Crippen LogP contribution is 2.11. The highest BCUT2D eigenvalue weighted by Gasteiger charge is 2.23. The molecular formula is C11H20N2O6S. The second-order valence-electron chi connectivity index (χ2n) is 5.55. The van der Waals surface area contributed by atoms with Gasteiger partial charge in [0.25, 0.3) is 0 Å². The van der Waals surface area contributed by atoms with Crippen molar-refractivity contribution >= 4 is 22.3 Å². The van der Waals surface area contributed by atoms with Crippen molar-refractivity contribution < 1.29 is 26.9 Å². The normalized spacial score (nSPS) is 13.1. The number of carbonyl (C=O) groups excluding carboxylic acids is 2. The minimum atomic E-state index is -4.23. The molecule has 0 bridgehead atoms. The summed E-state index contributed by atoms with van der Waals surface area (Å²) in [6, 6.07) is 0. The molecule has 0 aromatic heterocycles. The van der Waals surface area contributed by atoms with Crippen LogP contribution in [0, 0.1) is 0 Å². The second-order valence-corrected chi connectivity index (χ2v) is 6.97. The summed E-state index contributed by atoms with van der Waals surface area (Å²) < 4.78 is 31.4. The Morgan fingerprint density at radius 1 is 1.15 bits per heavy atom. The van der Waals surface area contributed by atoms with Crippen molar-refractivity contribution in [1.82, 2.24) is 5.32 Å². The van der Waals surface area contributed by atoms with Crippen LogP contribution in [-0.2, 0) is 19.0 Å². The molecule has 0 fully saturated rings. The van der Waals surface area contributed by atoms with Gasteiger partial charge in [0.2, 0.25) is 0 Å². The van der Waals surface area contributed by atoms with Crippen LogP contribution in [0.5, 0.6) is 0 Å². The fourth-order valence-electron chi connectivity index (χ4n) is 1.00. The summed E-state index contributed by atoms with van der Waals surface area (Å²) in [6.45, 7) is 8.15. The fourth-order valence-corrected chi connectivity index (χ4v) is 1.80. The van der Waals surface area contributed by atoms with Crippen molar-refractivity contribution in [3.05, 3.63) is 11.5 Å². The van der Waals surface area contributed by atoms with E-state index in [1.165, 1.54) is 13.8 Å². The molecule has 0 aliphatic carbocycles. The zero-order valence-corrected chi connectivity index (χ0v) is 12.9. The fraction of sp³-hybridized carbons (Fsp3) is 0.636. The molecule has 116 valence electrons. The Bertz CT molecular complexity index is 501. The highest BCUT2D eigenvalue weighted by atomic mass is 32.2. The summed E-state index contributed by atoms with van der Waals surface area (Å²) in [5.41, 5.74) is 2.90. The van der Waals surface area contributed by atoms with Crippen molar-refractivity contribution in [2.75, 3.05) is 0 Å². The molecule has 0 saturated heterocycles. The number of nitrogens with one attached hydrogen (secondary N) is 1. The van der Waals surface area contributed by atoms with E-state index in [9.17, 15) is 18.0 Å². The Morgan fingerprint density at radius 2 is 1.65 bits per heavy atom. The van der Waals surface area contributed by atoms with E-state index in [1.54, 1.807) is 20.8 Å². The Kier molecular flexibility index (Phi) is 5.58. The monoisotopic (exact) mass is 308 g/mol. The van der Waals surface area contributed by atoms with E-state index < -0.39 is 33.4 Å². The van der Waals surface area contributed by atoms with E-state index in [1.807, 2.05) is 0 Å². The topological polar surface area (TPSA) is 125 Å². The van der Waals surface area contributed by atoms with Crippen molar-refractivity contribution in [2.24, 2.45) is 5.73 Å². The molecule has 20 heavy (non-hydrogen) atoms. The summed E-state index contributed by atoms with van der Waals surface area (Å²) in [5.74, 6) is 0. The Morgan fingerprint density at radius 3 is 2.05 bits per heavy atom. The number of ether oxygens (including phenoxy) is 1. The third-order valence-electron chi connectivity index (χ3n) is 1.67. The number of primary amides is 1. The van der Waals surface area contributed by atoms with Gasteiger partial charge in [-0.15, -0.1) is 0 Å². The van der Waals surface area contributed by atoms with Gasteiger partial charge in [0.15, 0.2) is 0 Å². The van der Waals surface area contributed by atoms with E-state index in [-0.39, 0.29) is 0 Å². The van der Waals surface area contributed by atoms with Gasteiger partial charge in [0.1, 0.15) is 5.60 Å². The number of nitrogens with two attached hydrogens (primary N) is 1. The summed E-state index contributed by atoms with van der Waals surface area (Å²) in [6.07, 6.45) is -1.01. The van der Waals surface area contributed by atoms with E-state index in [4.69, 9.17) is 4.74 Å². The molecule has 0 heterocycles. The number of hydrogen-bond donors (Lipinski definition) is 2. The Balaban J connectivity index is 4.75. The molecular weight excluding hydrogens is 288 g/mol. The molecule has 0 aromatic carbocycles. The lowest BCUT2D eigenvalue weighted by Gasteiger charge is -2.26. The predicted molar refractivity (Wildman–Crippen MR) is 72.2 cm³/mol. The predicted octanol–water partition coefficient (Wildman–Crippen LogP) is 1.23. The molecule has 0 atom stereocenters. The zero-order chi connectivity index (χ0) is 16.2. The number of hydrogen-bond acceptors (Lipinski definition) is 6. The van der Waals surface area contributed by atoms with Gasteiger partial charge in [-0.1, -0.05) is 0 Å². The molecule has 0 saturated carbocycles. The van der Waals surface area contributed by atoms with Crippen LogP contribution in [0.4, 0.5) is 9.59 Å². The van der Waals surface area contributed by atoms with Crippen LogP contribution >= 0.6 is 0 Å². The number of carbonyl (C=O) groups is 2. The van der Waals surface area contributed by atoms with Crippen molar-refractivity contribution in [2.45, 2.75) is 45.8 Å². The molecule has 0 rings (SSSR count). The lowest BCUT2D eigenvalue weighted by Crippen LogP contribution is -2.44. The third kappa shape index (κ3) is 9.20. The largest absolute Gasteiger partial charge is 0.444 e. The summed E-state index contributed by atoms with van der Waals surface area (Å²) in [4.78, 5) is 21.9. The maximum atomic E-state index is 11.6. The van der Waals surface area contributed by atoms with Crippen LogP contribution in [-0.4, -0.2) is 31.7 Å². The lowest BCUT2D eigenvalue weighted by atomic mass is 10.1. The van der Waals surface area contributed by atoms with Crippen molar-refractivity contribution in [1.29, 1.82) is 0 Å². The molecule has 0 spiro atoms. The summed E-state index contributed by atoms with van der Waals surface area (Å²) >= 11 is 0. The van der Waals surface area contributed by atoms with Gasteiger partial charge in [-0.05, 0) is 40.7 Å². The van der Waals surface area contributed by atoms with Crippen molar-refractivity contribution in [3.8, 4) is 0 Å².